The van der Waals surface area contributed by atoms with Crippen LogP contribution in [-0.4, -0.2) is 20.3 Å². The van der Waals surface area contributed by atoms with Gasteiger partial charge in [-0.3, -0.25) is 0 Å². The first-order valence-electron chi connectivity index (χ1n) is 7.70. The Morgan fingerprint density at radius 3 is 2.55 bits per heavy atom. The third-order valence-corrected chi connectivity index (χ3v) is 4.87. The van der Waals surface area contributed by atoms with E-state index in [4.69, 9.17) is 9.47 Å². The molecule has 2 rings (SSSR count). The molecule has 3 heteroatoms. The van der Waals surface area contributed by atoms with Gasteiger partial charge in [0.2, 0.25) is 0 Å². The number of hydrogen-bond acceptors (Lipinski definition) is 2. The maximum atomic E-state index is 5.37. The second kappa shape index (κ2) is 6.98. The van der Waals surface area contributed by atoms with Crippen molar-refractivity contribution in [3.05, 3.63) is 23.8 Å². The summed E-state index contributed by atoms with van der Waals surface area (Å²) in [6.07, 6.45) is 4.11. The Bertz CT molecular complexity index is 433. The quantitative estimate of drug-likeness (QED) is 0.898. The normalized spacial score (nSPS) is 26.3. The minimum atomic E-state index is 0.756. The Hall–Kier alpha value is -1.22. The van der Waals surface area contributed by atoms with Crippen LogP contribution in [0, 0.1) is 11.8 Å². The lowest BCUT2D eigenvalue weighted by atomic mass is 9.78. The molecule has 0 bridgehead atoms. The molecule has 0 aromatic heterocycles. The van der Waals surface area contributed by atoms with E-state index in [1.54, 1.807) is 14.2 Å². The van der Waals surface area contributed by atoms with Crippen LogP contribution in [0.2, 0.25) is 0 Å². The first-order chi connectivity index (χ1) is 9.65. The van der Waals surface area contributed by atoms with Gasteiger partial charge in [-0.1, -0.05) is 13.8 Å². The number of nitrogens with two attached hydrogens (primary N) is 1. The number of hydrogen-bond donors (Lipinski definition) is 1. The van der Waals surface area contributed by atoms with Gasteiger partial charge < -0.3 is 14.8 Å². The Labute approximate surface area is 122 Å². The van der Waals surface area contributed by atoms with Crippen LogP contribution in [0.3, 0.4) is 0 Å². The van der Waals surface area contributed by atoms with E-state index in [0.29, 0.717) is 0 Å². The van der Waals surface area contributed by atoms with Gasteiger partial charge in [-0.05, 0) is 43.4 Å². The second-order valence-corrected chi connectivity index (χ2v) is 6.06. The fourth-order valence-electron chi connectivity index (χ4n) is 3.25. The van der Waals surface area contributed by atoms with Crippen molar-refractivity contribution in [2.45, 2.75) is 45.7 Å². The smallest absolute Gasteiger partial charge is 0.161 e. The van der Waals surface area contributed by atoms with Crippen molar-refractivity contribution in [2.75, 3.05) is 14.2 Å². The van der Waals surface area contributed by atoms with E-state index in [1.807, 2.05) is 6.07 Å². The maximum absolute atomic E-state index is 5.37. The largest absolute Gasteiger partial charge is 0.493 e. The minimum Gasteiger partial charge on any atom is -0.493 e. The van der Waals surface area contributed by atoms with E-state index < -0.39 is 0 Å². The highest BCUT2D eigenvalue weighted by atomic mass is 16.5. The van der Waals surface area contributed by atoms with Crippen molar-refractivity contribution < 1.29 is 14.8 Å². The van der Waals surface area contributed by atoms with Crippen LogP contribution in [-0.2, 0) is 6.54 Å². The fourth-order valence-corrected chi connectivity index (χ4v) is 3.25. The highest BCUT2D eigenvalue weighted by Gasteiger charge is 2.29. The van der Waals surface area contributed by atoms with Gasteiger partial charge in [0.25, 0.3) is 0 Å². The molecule has 0 saturated heterocycles. The number of benzene rings is 1. The second-order valence-electron chi connectivity index (χ2n) is 6.06. The maximum Gasteiger partial charge on any atom is 0.161 e. The number of methoxy groups -OCH3 is 2. The SMILES string of the molecule is COc1ccc(C[NH2+][C@H]2CCC[C@H](C)[C@@H]2C)cc1OC. The summed E-state index contributed by atoms with van der Waals surface area (Å²) in [7, 11) is 3.37. The van der Waals surface area contributed by atoms with Gasteiger partial charge in [0.1, 0.15) is 6.54 Å². The van der Waals surface area contributed by atoms with Crippen LogP contribution in [0.1, 0.15) is 38.7 Å². The molecular formula is C17H28NO2+. The molecule has 0 unspecified atom stereocenters. The van der Waals surface area contributed by atoms with Crippen molar-refractivity contribution in [3.8, 4) is 11.5 Å². The van der Waals surface area contributed by atoms with E-state index in [9.17, 15) is 0 Å². The number of rotatable bonds is 5. The van der Waals surface area contributed by atoms with Gasteiger partial charge >= 0.3 is 0 Å². The van der Waals surface area contributed by atoms with Crippen molar-refractivity contribution in [2.24, 2.45) is 11.8 Å². The zero-order chi connectivity index (χ0) is 14.5. The molecule has 0 radical (unpaired) electrons. The van der Waals surface area contributed by atoms with E-state index in [-0.39, 0.29) is 0 Å². The van der Waals surface area contributed by atoms with Crippen LogP contribution in [0.4, 0.5) is 0 Å². The van der Waals surface area contributed by atoms with Crippen LogP contribution in [0.25, 0.3) is 0 Å². The monoisotopic (exact) mass is 278 g/mol. The summed E-state index contributed by atoms with van der Waals surface area (Å²) in [6.45, 7) is 5.81. The highest BCUT2D eigenvalue weighted by molar-refractivity contribution is 5.42. The molecule has 1 aliphatic rings. The topological polar surface area (TPSA) is 35.1 Å². The minimum absolute atomic E-state index is 0.756. The van der Waals surface area contributed by atoms with Crippen LogP contribution in [0.15, 0.2) is 18.2 Å². The fraction of sp³-hybridized carbons (Fsp3) is 0.647. The van der Waals surface area contributed by atoms with Gasteiger partial charge in [0, 0.05) is 11.5 Å². The summed E-state index contributed by atoms with van der Waals surface area (Å²) in [5.74, 6) is 3.29. The third-order valence-electron chi connectivity index (χ3n) is 4.87. The van der Waals surface area contributed by atoms with Crippen molar-refractivity contribution in [1.29, 1.82) is 0 Å². The van der Waals surface area contributed by atoms with Crippen molar-refractivity contribution >= 4 is 0 Å². The number of quaternary nitrogens is 1. The van der Waals surface area contributed by atoms with Crippen LogP contribution in [0.5, 0.6) is 11.5 Å². The predicted molar refractivity (Wildman–Crippen MR) is 81.1 cm³/mol. The molecule has 3 nitrogen and oxygen atoms in total. The van der Waals surface area contributed by atoms with E-state index in [0.717, 1.165) is 35.9 Å². The van der Waals surface area contributed by atoms with Gasteiger partial charge in [-0.15, -0.1) is 0 Å². The predicted octanol–water partition coefficient (Wildman–Crippen LogP) is 2.59. The Balaban J connectivity index is 1.96. The van der Waals surface area contributed by atoms with Crippen molar-refractivity contribution in [1.82, 2.24) is 0 Å². The molecule has 3 atom stereocenters. The first-order valence-corrected chi connectivity index (χ1v) is 7.70. The summed E-state index contributed by atoms with van der Waals surface area (Å²) >= 11 is 0. The molecule has 2 N–H and O–H groups in total. The van der Waals surface area contributed by atoms with E-state index >= 15 is 0 Å². The zero-order valence-electron chi connectivity index (χ0n) is 13.2. The Morgan fingerprint density at radius 2 is 1.85 bits per heavy atom. The first kappa shape index (κ1) is 15.2. The standard InChI is InChI=1S/C17H27NO2/c1-12-6-5-7-15(13(12)2)18-11-14-8-9-16(19-3)17(10-14)20-4/h8-10,12-13,15,18H,5-7,11H2,1-4H3/p+1/t12-,13-,15-/m0/s1. The number of ether oxygens (including phenoxy) is 2. The molecule has 1 aromatic carbocycles. The molecule has 1 saturated carbocycles. The van der Waals surface area contributed by atoms with E-state index in [2.05, 4.69) is 31.3 Å². The third kappa shape index (κ3) is 3.45. The van der Waals surface area contributed by atoms with Gasteiger partial charge in [0.05, 0.1) is 20.3 Å². The average molecular weight is 278 g/mol. The summed E-state index contributed by atoms with van der Waals surface area (Å²) in [4.78, 5) is 0. The molecule has 0 aliphatic heterocycles. The Morgan fingerprint density at radius 1 is 1.10 bits per heavy atom. The summed E-state index contributed by atoms with van der Waals surface area (Å²) < 4.78 is 10.6. The molecule has 20 heavy (non-hydrogen) atoms. The summed E-state index contributed by atoms with van der Waals surface area (Å²) in [5, 5.41) is 2.50. The lowest BCUT2D eigenvalue weighted by molar-refractivity contribution is -0.713. The Kier molecular flexibility index (Phi) is 5.30. The lowest BCUT2D eigenvalue weighted by Crippen LogP contribution is -2.90. The molecule has 1 aliphatic carbocycles. The van der Waals surface area contributed by atoms with Crippen LogP contribution >= 0.6 is 0 Å². The van der Waals surface area contributed by atoms with E-state index in [1.165, 1.54) is 24.8 Å². The van der Waals surface area contributed by atoms with Gasteiger partial charge in [0.15, 0.2) is 11.5 Å². The average Bonchev–Trinajstić information content (AvgIpc) is 2.48. The molecule has 1 aromatic rings. The van der Waals surface area contributed by atoms with Crippen LogP contribution < -0.4 is 14.8 Å². The van der Waals surface area contributed by atoms with Crippen molar-refractivity contribution in [3.63, 3.8) is 0 Å². The summed E-state index contributed by atoms with van der Waals surface area (Å²) in [6, 6.07) is 6.97. The molecule has 112 valence electrons. The molecule has 0 spiro atoms. The van der Waals surface area contributed by atoms with Gasteiger partial charge in [-0.25, -0.2) is 0 Å². The molecule has 0 heterocycles. The molecule has 0 amide bonds. The molecular weight excluding hydrogens is 250 g/mol. The lowest BCUT2D eigenvalue weighted by Gasteiger charge is -2.32. The highest BCUT2D eigenvalue weighted by Crippen LogP contribution is 2.29. The molecule has 1 fully saturated rings. The van der Waals surface area contributed by atoms with Gasteiger partial charge in [-0.2, -0.15) is 0 Å². The zero-order valence-corrected chi connectivity index (χ0v) is 13.2. The summed E-state index contributed by atoms with van der Waals surface area (Å²) in [5.41, 5.74) is 1.30.